The van der Waals surface area contributed by atoms with Gasteiger partial charge in [-0.1, -0.05) is 13.0 Å². The Labute approximate surface area is 212 Å². The Morgan fingerprint density at radius 3 is 2.46 bits per heavy atom. The van der Waals surface area contributed by atoms with E-state index < -0.39 is 0 Å². The number of amides is 1. The van der Waals surface area contributed by atoms with Gasteiger partial charge < -0.3 is 20.4 Å². The molecule has 0 aromatic carbocycles. The van der Waals surface area contributed by atoms with Gasteiger partial charge in [-0.3, -0.25) is 4.79 Å². The van der Waals surface area contributed by atoms with Crippen LogP contribution in [0.3, 0.4) is 0 Å². The quantitative estimate of drug-likeness (QED) is 0.512. The van der Waals surface area contributed by atoms with Crippen LogP contribution in [0.1, 0.15) is 37.7 Å². The van der Waals surface area contributed by atoms with Crippen molar-refractivity contribution in [1.82, 2.24) is 24.8 Å². The summed E-state index contributed by atoms with van der Waals surface area (Å²) in [5.74, 6) is 2.74. The minimum atomic E-state index is 0.145. The van der Waals surface area contributed by atoms with Gasteiger partial charge in [0.05, 0.1) is 0 Å². The van der Waals surface area contributed by atoms with Crippen molar-refractivity contribution in [2.24, 2.45) is 17.3 Å². The van der Waals surface area contributed by atoms with Gasteiger partial charge >= 0.3 is 0 Å². The highest BCUT2D eigenvalue weighted by Gasteiger charge is 2.49. The highest BCUT2D eigenvalue weighted by molar-refractivity contribution is 7.98. The van der Waals surface area contributed by atoms with Gasteiger partial charge in [0.15, 0.2) is 0 Å². The average Bonchev–Trinajstić information content (AvgIpc) is 3.67. The summed E-state index contributed by atoms with van der Waals surface area (Å²) < 4.78 is 0. The van der Waals surface area contributed by atoms with E-state index in [-0.39, 0.29) is 5.92 Å². The first-order valence-corrected chi connectivity index (χ1v) is 13.9. The summed E-state index contributed by atoms with van der Waals surface area (Å²) in [4.78, 5) is 31.9. The topological polar surface area (TPSA) is 86.3 Å². The molecule has 2 N–H and O–H groups in total. The molecule has 2 saturated heterocycles. The van der Waals surface area contributed by atoms with Crippen LogP contribution < -0.4 is 10.6 Å². The van der Waals surface area contributed by atoms with Gasteiger partial charge in [-0.05, 0) is 61.4 Å². The number of thioether (sulfide) groups is 1. The minimum absolute atomic E-state index is 0.145. The van der Waals surface area contributed by atoms with E-state index in [1.54, 1.807) is 11.8 Å². The van der Waals surface area contributed by atoms with E-state index in [1.165, 1.54) is 18.7 Å². The number of carbonyl (C=O) groups is 1. The fourth-order valence-electron chi connectivity index (χ4n) is 5.55. The molecular weight excluding hydrogens is 458 g/mol. The second kappa shape index (κ2) is 10.3. The van der Waals surface area contributed by atoms with E-state index in [2.05, 4.69) is 55.4 Å². The second-order valence-corrected chi connectivity index (χ2v) is 11.6. The molecule has 0 bridgehead atoms. The van der Waals surface area contributed by atoms with Crippen LogP contribution in [-0.2, 0) is 4.79 Å². The summed E-state index contributed by atoms with van der Waals surface area (Å²) in [6, 6.07) is 4.17. The van der Waals surface area contributed by atoms with Crippen LogP contribution in [0.4, 0.5) is 11.8 Å². The molecule has 3 aliphatic rings. The van der Waals surface area contributed by atoms with Gasteiger partial charge in [-0.2, -0.15) is 0 Å². The van der Waals surface area contributed by atoms with E-state index >= 15 is 0 Å². The Morgan fingerprint density at radius 1 is 1.11 bits per heavy atom. The van der Waals surface area contributed by atoms with Crippen molar-refractivity contribution in [1.29, 1.82) is 0 Å². The number of rotatable bonds is 9. The smallest absolute Gasteiger partial charge is 0.226 e. The van der Waals surface area contributed by atoms with Crippen molar-refractivity contribution in [3.8, 4) is 0 Å². The molecule has 35 heavy (non-hydrogen) atoms. The number of likely N-dealkylation sites (tertiary alicyclic amines) is 2. The molecule has 2 aromatic rings. The number of anilines is 2. The highest BCUT2D eigenvalue weighted by Crippen LogP contribution is 2.49. The zero-order valence-corrected chi connectivity index (χ0v) is 21.9. The van der Waals surface area contributed by atoms with E-state index in [4.69, 9.17) is 0 Å². The molecule has 3 fully saturated rings. The number of aromatic nitrogens is 3. The predicted octanol–water partition coefficient (Wildman–Crippen LogP) is 3.41. The monoisotopic (exact) mass is 495 g/mol. The highest BCUT2D eigenvalue weighted by atomic mass is 32.2. The number of hydrogen-bond acceptors (Lipinski definition) is 8. The Morgan fingerprint density at radius 2 is 1.83 bits per heavy atom. The third-order valence-corrected chi connectivity index (χ3v) is 8.45. The zero-order chi connectivity index (χ0) is 24.4. The lowest BCUT2D eigenvalue weighted by Gasteiger charge is -2.53. The first kappa shape index (κ1) is 24.3. The summed E-state index contributed by atoms with van der Waals surface area (Å²) >= 11 is 1.63. The largest absolute Gasteiger partial charge is 0.370 e. The lowest BCUT2D eigenvalue weighted by Crippen LogP contribution is -2.59. The lowest BCUT2D eigenvalue weighted by molar-refractivity contribution is -0.137. The number of hydrogen-bond donors (Lipinski definition) is 2. The first-order chi connectivity index (χ1) is 16.9. The van der Waals surface area contributed by atoms with Crippen LogP contribution in [0, 0.1) is 17.3 Å². The van der Waals surface area contributed by atoms with Gasteiger partial charge in [0.2, 0.25) is 11.9 Å². The van der Waals surface area contributed by atoms with Crippen LogP contribution in [0.25, 0.3) is 0 Å². The first-order valence-electron chi connectivity index (χ1n) is 12.7. The molecule has 0 unspecified atom stereocenters. The molecule has 4 heterocycles. The number of nitrogens with one attached hydrogen (secondary N) is 2. The summed E-state index contributed by atoms with van der Waals surface area (Å²) in [5, 5.41) is 6.71. The molecule has 2 aliphatic heterocycles. The van der Waals surface area contributed by atoms with Crippen molar-refractivity contribution in [2.45, 2.75) is 37.0 Å². The van der Waals surface area contributed by atoms with E-state index in [9.17, 15) is 4.79 Å². The molecule has 188 valence electrons. The fraction of sp³-hybridized carbons (Fsp3) is 0.615. The fourth-order valence-corrected chi connectivity index (χ4v) is 5.86. The lowest BCUT2D eigenvalue weighted by atomic mass is 9.72. The van der Waals surface area contributed by atoms with Gasteiger partial charge in [0.25, 0.3) is 0 Å². The van der Waals surface area contributed by atoms with Crippen molar-refractivity contribution in [2.75, 3.05) is 63.2 Å². The molecule has 1 spiro atoms. The molecule has 2 aromatic heterocycles. The molecule has 9 heteroatoms. The minimum Gasteiger partial charge on any atom is -0.370 e. The maximum Gasteiger partial charge on any atom is 0.226 e. The number of piperidine rings is 1. The van der Waals surface area contributed by atoms with E-state index in [0.29, 0.717) is 29.1 Å². The molecule has 8 nitrogen and oxygen atoms in total. The summed E-state index contributed by atoms with van der Waals surface area (Å²) in [5.41, 5.74) is 1.67. The van der Waals surface area contributed by atoms with E-state index in [1.807, 2.05) is 30.9 Å². The summed E-state index contributed by atoms with van der Waals surface area (Å²) in [6.07, 6.45) is 10.9. The second-order valence-electron chi connectivity index (χ2n) is 10.7. The van der Waals surface area contributed by atoms with Crippen LogP contribution in [0.15, 0.2) is 35.6 Å². The Balaban J connectivity index is 1.03. The Hall–Kier alpha value is -2.39. The van der Waals surface area contributed by atoms with Crippen LogP contribution in [0.5, 0.6) is 0 Å². The van der Waals surface area contributed by atoms with Crippen LogP contribution in [0.2, 0.25) is 0 Å². The Kier molecular flexibility index (Phi) is 7.16. The molecular formula is C26H37N7OS. The molecule has 1 saturated carbocycles. The van der Waals surface area contributed by atoms with Crippen molar-refractivity contribution in [3.63, 3.8) is 0 Å². The molecule has 1 amide bonds. The van der Waals surface area contributed by atoms with Crippen molar-refractivity contribution >= 4 is 29.4 Å². The zero-order valence-electron chi connectivity index (χ0n) is 21.0. The average molecular weight is 496 g/mol. The maximum atomic E-state index is 13.0. The number of nitrogens with zero attached hydrogens (tertiary/aromatic N) is 5. The molecule has 1 aliphatic carbocycles. The third-order valence-electron chi connectivity index (χ3n) is 7.77. The standard InChI is InChI=1S/C26H37N7OS/c1-18(12-29-25-30-14-20(35-3)15-31-25)11-27-23-5-4-19(13-28-23)21-10-22(21)24(34)33-8-6-26(7-9-33)16-32(2)17-26/h4-5,13-15,18,21-22H,6-12,16-17H2,1-3H3,(H,27,28)(H,29,30,31)/t18-,21-,22+/m1/s1. The van der Waals surface area contributed by atoms with Gasteiger partial charge in [0, 0.05) is 68.7 Å². The maximum absolute atomic E-state index is 13.0. The van der Waals surface area contributed by atoms with Gasteiger partial charge in [-0.15, -0.1) is 11.8 Å². The van der Waals surface area contributed by atoms with Crippen molar-refractivity contribution < 1.29 is 4.79 Å². The number of carbonyl (C=O) groups excluding carboxylic acids is 1. The van der Waals surface area contributed by atoms with Crippen LogP contribution >= 0.6 is 11.8 Å². The SMILES string of the molecule is CSc1cnc(NC[C@H](C)CNc2ccc([C@H]3C[C@@H]3C(=O)N3CCC4(CC3)CN(C)C4)cn2)nc1. The third kappa shape index (κ3) is 5.72. The predicted molar refractivity (Wildman–Crippen MR) is 141 cm³/mol. The molecule has 0 radical (unpaired) electrons. The normalized spacial score (nSPS) is 24.0. The summed E-state index contributed by atoms with van der Waals surface area (Å²) in [7, 11) is 2.19. The summed E-state index contributed by atoms with van der Waals surface area (Å²) in [6.45, 7) is 8.02. The van der Waals surface area contributed by atoms with Gasteiger partial charge in [0.1, 0.15) is 5.82 Å². The van der Waals surface area contributed by atoms with E-state index in [0.717, 1.165) is 56.2 Å². The van der Waals surface area contributed by atoms with Gasteiger partial charge in [-0.25, -0.2) is 15.0 Å². The Bertz CT molecular complexity index is 999. The van der Waals surface area contributed by atoms with Crippen molar-refractivity contribution in [3.05, 3.63) is 36.3 Å². The number of pyridine rings is 1. The molecule has 3 atom stereocenters. The van der Waals surface area contributed by atoms with Crippen LogP contribution in [-0.4, -0.2) is 83.2 Å². The molecule has 5 rings (SSSR count).